The number of halogens is 2. The molecule has 0 saturated carbocycles. The summed E-state index contributed by atoms with van der Waals surface area (Å²) in [4.78, 5) is 14.0. The van der Waals surface area contributed by atoms with Gasteiger partial charge in [-0.3, -0.25) is 4.90 Å². The number of likely N-dealkylation sites (N-methyl/N-ethyl adjacent to an activating group) is 1. The maximum atomic E-state index is 13.2. The van der Waals surface area contributed by atoms with Gasteiger partial charge in [-0.25, -0.2) is 13.6 Å². The Morgan fingerprint density at radius 3 is 2.45 bits per heavy atom. The van der Waals surface area contributed by atoms with Crippen molar-refractivity contribution >= 4 is 6.03 Å². The van der Waals surface area contributed by atoms with Gasteiger partial charge < -0.3 is 10.6 Å². The molecule has 1 atom stereocenters. The molecule has 1 aromatic carbocycles. The van der Waals surface area contributed by atoms with Gasteiger partial charge in [-0.05, 0) is 45.0 Å². The molecule has 0 bridgehead atoms. The molecule has 1 unspecified atom stereocenters. The van der Waals surface area contributed by atoms with E-state index in [1.165, 1.54) is 6.07 Å². The van der Waals surface area contributed by atoms with E-state index in [0.717, 1.165) is 25.2 Å². The van der Waals surface area contributed by atoms with E-state index >= 15 is 0 Å². The van der Waals surface area contributed by atoms with Crippen LogP contribution in [0.25, 0.3) is 0 Å². The smallest absolute Gasteiger partial charge is 0.315 e. The van der Waals surface area contributed by atoms with Crippen molar-refractivity contribution < 1.29 is 13.6 Å². The van der Waals surface area contributed by atoms with Gasteiger partial charge in [0, 0.05) is 19.1 Å². The molecule has 0 aliphatic rings. The Kier molecular flexibility index (Phi) is 7.24. The van der Waals surface area contributed by atoms with Crippen LogP contribution in [0.5, 0.6) is 0 Å². The molecule has 0 spiro atoms. The van der Waals surface area contributed by atoms with Crippen LogP contribution >= 0.6 is 0 Å². The van der Waals surface area contributed by atoms with Gasteiger partial charge in [0.05, 0.1) is 6.04 Å². The molecule has 2 N–H and O–H groups in total. The molecule has 0 heterocycles. The first-order valence-electron chi connectivity index (χ1n) is 7.58. The van der Waals surface area contributed by atoms with Gasteiger partial charge in [-0.15, -0.1) is 0 Å². The van der Waals surface area contributed by atoms with E-state index in [9.17, 15) is 13.6 Å². The molecule has 0 aromatic heterocycles. The molecule has 22 heavy (non-hydrogen) atoms. The molecule has 124 valence electrons. The second-order valence-corrected chi connectivity index (χ2v) is 5.52. The van der Waals surface area contributed by atoms with Crippen LogP contribution < -0.4 is 10.6 Å². The third-order valence-corrected chi connectivity index (χ3v) is 3.61. The number of hydrogen-bond acceptors (Lipinski definition) is 2. The van der Waals surface area contributed by atoms with E-state index in [2.05, 4.69) is 36.3 Å². The molecule has 2 amide bonds. The molecule has 0 saturated heterocycles. The third kappa shape index (κ3) is 5.60. The number of amides is 2. The van der Waals surface area contributed by atoms with E-state index in [-0.39, 0.29) is 6.03 Å². The molecule has 0 aliphatic heterocycles. The lowest BCUT2D eigenvalue weighted by atomic mass is 10.1. The Bertz CT molecular complexity index is 494. The summed E-state index contributed by atoms with van der Waals surface area (Å²) in [5.74, 6) is -1.81. The fourth-order valence-electron chi connectivity index (χ4n) is 2.21. The van der Waals surface area contributed by atoms with Gasteiger partial charge in [0.1, 0.15) is 0 Å². The highest BCUT2D eigenvalue weighted by Crippen LogP contribution is 2.15. The maximum Gasteiger partial charge on any atom is 0.315 e. The Labute approximate surface area is 130 Å². The molecule has 0 fully saturated rings. The summed E-state index contributed by atoms with van der Waals surface area (Å²) >= 11 is 0. The normalized spacial score (nSPS) is 12.5. The fourth-order valence-corrected chi connectivity index (χ4v) is 2.21. The van der Waals surface area contributed by atoms with Crippen molar-refractivity contribution in [3.8, 4) is 0 Å². The maximum absolute atomic E-state index is 13.2. The number of nitrogens with one attached hydrogen (secondary N) is 2. The summed E-state index contributed by atoms with van der Waals surface area (Å²) in [7, 11) is 0. The van der Waals surface area contributed by atoms with E-state index < -0.39 is 17.7 Å². The Morgan fingerprint density at radius 2 is 1.91 bits per heavy atom. The third-order valence-electron chi connectivity index (χ3n) is 3.61. The van der Waals surface area contributed by atoms with Gasteiger partial charge in [-0.1, -0.05) is 13.0 Å². The monoisotopic (exact) mass is 313 g/mol. The van der Waals surface area contributed by atoms with Crippen molar-refractivity contribution in [1.29, 1.82) is 0 Å². The highest BCUT2D eigenvalue weighted by Gasteiger charge is 2.12. The zero-order valence-corrected chi connectivity index (χ0v) is 13.6. The molecule has 1 rings (SSSR count). The van der Waals surface area contributed by atoms with Gasteiger partial charge in [0.25, 0.3) is 0 Å². The fraction of sp³-hybridized carbons (Fsp3) is 0.562. The average molecular weight is 313 g/mol. The van der Waals surface area contributed by atoms with E-state index in [4.69, 9.17) is 0 Å². The predicted octanol–water partition coefficient (Wildman–Crippen LogP) is 3.06. The summed E-state index contributed by atoms with van der Waals surface area (Å²) < 4.78 is 26.1. The quantitative estimate of drug-likeness (QED) is 0.812. The number of carbonyl (C=O) groups is 1. The summed E-state index contributed by atoms with van der Waals surface area (Å²) in [5.41, 5.74) is 0.520. The Morgan fingerprint density at radius 1 is 1.23 bits per heavy atom. The van der Waals surface area contributed by atoms with Crippen molar-refractivity contribution in [3.63, 3.8) is 0 Å². The topological polar surface area (TPSA) is 44.4 Å². The molecule has 4 nitrogen and oxygen atoms in total. The van der Waals surface area contributed by atoms with Gasteiger partial charge >= 0.3 is 6.03 Å². The van der Waals surface area contributed by atoms with Crippen LogP contribution in [0.3, 0.4) is 0 Å². The lowest BCUT2D eigenvalue weighted by Crippen LogP contribution is -2.42. The minimum absolute atomic E-state index is 0.322. The summed E-state index contributed by atoms with van der Waals surface area (Å²) in [6.45, 7) is 10.2. The first kappa shape index (κ1) is 18.4. The van der Waals surface area contributed by atoms with Crippen LogP contribution in [0.15, 0.2) is 18.2 Å². The van der Waals surface area contributed by atoms with Gasteiger partial charge in [0.2, 0.25) is 0 Å². The molecule has 0 radical (unpaired) electrons. The van der Waals surface area contributed by atoms with E-state index in [1.54, 1.807) is 6.92 Å². The zero-order valence-electron chi connectivity index (χ0n) is 13.6. The van der Waals surface area contributed by atoms with Crippen LogP contribution in [-0.2, 0) is 0 Å². The van der Waals surface area contributed by atoms with Crippen LogP contribution in [0.1, 0.15) is 39.3 Å². The number of hydrogen-bond donors (Lipinski definition) is 2. The standard InChI is InChI=1S/C16H25F2N3O/c1-5-21(11(2)3)9-8-19-16(22)20-12(4)13-6-7-14(17)15(18)10-13/h6-7,10-12H,5,8-9H2,1-4H3,(H2,19,20,22). The molecule has 0 aliphatic carbocycles. The van der Waals surface area contributed by atoms with Crippen LogP contribution in [-0.4, -0.2) is 36.6 Å². The number of benzene rings is 1. The second-order valence-electron chi connectivity index (χ2n) is 5.52. The van der Waals surface area contributed by atoms with Crippen molar-refractivity contribution in [2.24, 2.45) is 0 Å². The SMILES string of the molecule is CCN(CCNC(=O)NC(C)c1ccc(F)c(F)c1)C(C)C. The second kappa shape index (κ2) is 8.68. The number of urea groups is 1. The van der Waals surface area contributed by atoms with E-state index in [0.29, 0.717) is 18.2 Å². The average Bonchev–Trinajstić information content (AvgIpc) is 2.46. The molecule has 1 aromatic rings. The number of carbonyl (C=O) groups excluding carboxylic acids is 1. The number of nitrogens with zero attached hydrogens (tertiary/aromatic N) is 1. The van der Waals surface area contributed by atoms with Crippen molar-refractivity contribution in [2.75, 3.05) is 19.6 Å². The molecular weight excluding hydrogens is 288 g/mol. The van der Waals surface area contributed by atoms with Gasteiger partial charge in [-0.2, -0.15) is 0 Å². The highest BCUT2D eigenvalue weighted by atomic mass is 19.2. The number of rotatable bonds is 7. The summed E-state index contributed by atoms with van der Waals surface area (Å²) in [6.07, 6.45) is 0. The Balaban J connectivity index is 2.42. The minimum Gasteiger partial charge on any atom is -0.337 e. The first-order chi connectivity index (χ1) is 10.3. The van der Waals surface area contributed by atoms with Gasteiger partial charge in [0.15, 0.2) is 11.6 Å². The largest absolute Gasteiger partial charge is 0.337 e. The van der Waals surface area contributed by atoms with Crippen molar-refractivity contribution in [1.82, 2.24) is 15.5 Å². The van der Waals surface area contributed by atoms with Crippen molar-refractivity contribution in [3.05, 3.63) is 35.4 Å². The lowest BCUT2D eigenvalue weighted by Gasteiger charge is -2.25. The minimum atomic E-state index is -0.915. The zero-order chi connectivity index (χ0) is 16.7. The summed E-state index contributed by atoms with van der Waals surface area (Å²) in [5, 5.41) is 5.48. The van der Waals surface area contributed by atoms with E-state index in [1.807, 2.05) is 0 Å². The summed E-state index contributed by atoms with van der Waals surface area (Å²) in [6, 6.07) is 3.32. The first-order valence-corrected chi connectivity index (χ1v) is 7.58. The van der Waals surface area contributed by atoms with Crippen molar-refractivity contribution in [2.45, 2.75) is 39.8 Å². The van der Waals surface area contributed by atoms with Crippen LogP contribution in [0.4, 0.5) is 13.6 Å². The Hall–Kier alpha value is -1.69. The highest BCUT2D eigenvalue weighted by molar-refractivity contribution is 5.74. The molecule has 6 heteroatoms. The lowest BCUT2D eigenvalue weighted by molar-refractivity contribution is 0.221. The van der Waals surface area contributed by atoms with Crippen LogP contribution in [0.2, 0.25) is 0 Å². The van der Waals surface area contributed by atoms with Crippen LogP contribution in [0, 0.1) is 11.6 Å². The molecular formula is C16H25F2N3O. The predicted molar refractivity (Wildman–Crippen MR) is 83.7 cm³/mol.